The molecule has 0 saturated heterocycles. The molecule has 0 radical (unpaired) electrons. The molecule has 11 heavy (non-hydrogen) atoms. The Hall–Kier alpha value is -0.750. The van der Waals surface area contributed by atoms with Gasteiger partial charge in [0.15, 0.2) is 0 Å². The van der Waals surface area contributed by atoms with Crippen LogP contribution in [0.1, 0.15) is 18.1 Å². The van der Waals surface area contributed by atoms with Crippen molar-refractivity contribution >= 4 is 17.2 Å². The summed E-state index contributed by atoms with van der Waals surface area (Å²) in [7, 11) is 0. The van der Waals surface area contributed by atoms with Gasteiger partial charge in [-0.3, -0.25) is 0 Å². The molecular weight excluding hydrogens is 156 g/mol. The van der Waals surface area contributed by atoms with Crippen molar-refractivity contribution in [1.29, 1.82) is 0 Å². The van der Waals surface area contributed by atoms with E-state index in [2.05, 4.69) is 19.1 Å². The van der Waals surface area contributed by atoms with Crippen LogP contribution in [0.25, 0.3) is 5.57 Å². The predicted molar refractivity (Wildman–Crippen MR) is 48.8 cm³/mol. The van der Waals surface area contributed by atoms with Gasteiger partial charge in [-0.25, -0.2) is 0 Å². The van der Waals surface area contributed by atoms with Crippen LogP contribution in [0.4, 0.5) is 0 Å². The second kappa shape index (κ2) is 2.38. The van der Waals surface area contributed by atoms with Crippen molar-refractivity contribution in [3.05, 3.63) is 40.4 Å². The molecule has 0 amide bonds. The smallest absolute Gasteiger partial charge is 0.0412 e. The van der Waals surface area contributed by atoms with Crippen molar-refractivity contribution < 1.29 is 0 Å². The van der Waals surface area contributed by atoms with Crippen molar-refractivity contribution in [2.24, 2.45) is 0 Å². The minimum absolute atomic E-state index is 0.832. The largest absolute Gasteiger partial charge is 0.0843 e. The molecule has 0 spiro atoms. The molecule has 2 rings (SSSR count). The molecule has 1 heteroatoms. The Balaban J connectivity index is 2.60. The zero-order valence-electron chi connectivity index (χ0n) is 6.39. The second-order valence-electron chi connectivity index (χ2n) is 2.89. The van der Waals surface area contributed by atoms with Gasteiger partial charge in [-0.15, -0.1) is 0 Å². The van der Waals surface area contributed by atoms with Crippen LogP contribution < -0.4 is 0 Å². The number of halogens is 1. The number of allylic oxidation sites excluding steroid dienone is 2. The number of benzene rings is 1. The first-order valence-corrected chi connectivity index (χ1v) is 4.11. The Bertz CT molecular complexity index is 324. The fourth-order valence-corrected chi connectivity index (χ4v) is 1.64. The highest BCUT2D eigenvalue weighted by Crippen LogP contribution is 2.28. The van der Waals surface area contributed by atoms with E-state index in [9.17, 15) is 0 Å². The highest BCUT2D eigenvalue weighted by molar-refractivity contribution is 6.30. The monoisotopic (exact) mass is 164 g/mol. The molecule has 0 aliphatic heterocycles. The fourth-order valence-electron chi connectivity index (χ4n) is 1.47. The summed E-state index contributed by atoms with van der Waals surface area (Å²) in [5, 5.41) is 0.832. The average Bonchev–Trinajstić information content (AvgIpc) is 2.33. The maximum absolute atomic E-state index is 5.86. The van der Waals surface area contributed by atoms with Gasteiger partial charge in [0.05, 0.1) is 0 Å². The van der Waals surface area contributed by atoms with Gasteiger partial charge in [0.25, 0.3) is 0 Å². The second-order valence-corrected chi connectivity index (χ2v) is 3.33. The third-order valence-corrected chi connectivity index (χ3v) is 2.36. The molecule has 1 aromatic rings. The van der Waals surface area contributed by atoms with Crippen LogP contribution in [0.5, 0.6) is 0 Å². The summed E-state index contributed by atoms with van der Waals surface area (Å²) in [6.45, 7) is 2.13. The molecular formula is C10H9Cl. The van der Waals surface area contributed by atoms with Crippen molar-refractivity contribution in [3.8, 4) is 0 Å². The molecule has 0 nitrogen and oxygen atoms in total. The van der Waals surface area contributed by atoms with E-state index in [0.717, 1.165) is 11.4 Å². The van der Waals surface area contributed by atoms with Crippen molar-refractivity contribution in [3.63, 3.8) is 0 Å². The van der Waals surface area contributed by atoms with Gasteiger partial charge in [-0.1, -0.05) is 23.7 Å². The number of hydrogen-bond donors (Lipinski definition) is 0. The Morgan fingerprint density at radius 2 is 2.18 bits per heavy atom. The van der Waals surface area contributed by atoms with Crippen LogP contribution in [-0.4, -0.2) is 0 Å². The van der Waals surface area contributed by atoms with Gasteiger partial charge in [0, 0.05) is 5.02 Å². The fraction of sp³-hybridized carbons (Fsp3) is 0.200. The topological polar surface area (TPSA) is 0 Å². The van der Waals surface area contributed by atoms with E-state index in [-0.39, 0.29) is 0 Å². The van der Waals surface area contributed by atoms with Gasteiger partial charge in [-0.05, 0) is 42.2 Å². The van der Waals surface area contributed by atoms with Crippen LogP contribution >= 0.6 is 11.6 Å². The molecule has 1 aliphatic rings. The summed E-state index contributed by atoms with van der Waals surface area (Å²) in [5.74, 6) is 0. The zero-order chi connectivity index (χ0) is 7.84. The van der Waals surface area contributed by atoms with Gasteiger partial charge in [0.2, 0.25) is 0 Å². The van der Waals surface area contributed by atoms with E-state index < -0.39 is 0 Å². The normalized spacial score (nSPS) is 14.5. The Labute approximate surface area is 71.5 Å². The summed E-state index contributed by atoms with van der Waals surface area (Å²) in [5.41, 5.74) is 4.06. The van der Waals surface area contributed by atoms with E-state index in [1.54, 1.807) is 0 Å². The number of rotatable bonds is 0. The van der Waals surface area contributed by atoms with Crippen LogP contribution in [0.2, 0.25) is 5.02 Å². The van der Waals surface area contributed by atoms with E-state index in [1.165, 1.54) is 16.7 Å². The first kappa shape index (κ1) is 6.93. The van der Waals surface area contributed by atoms with Crippen LogP contribution in [0.15, 0.2) is 24.3 Å². The first-order chi connectivity index (χ1) is 5.27. The van der Waals surface area contributed by atoms with Crippen molar-refractivity contribution in [1.82, 2.24) is 0 Å². The predicted octanol–water partition coefficient (Wildman–Crippen LogP) is 3.30. The van der Waals surface area contributed by atoms with Crippen LogP contribution in [0.3, 0.4) is 0 Å². The van der Waals surface area contributed by atoms with Crippen LogP contribution in [-0.2, 0) is 6.42 Å². The summed E-state index contributed by atoms with van der Waals surface area (Å²) in [6, 6.07) is 6.09. The summed E-state index contributed by atoms with van der Waals surface area (Å²) >= 11 is 5.86. The van der Waals surface area contributed by atoms with Crippen molar-refractivity contribution in [2.75, 3.05) is 0 Å². The zero-order valence-corrected chi connectivity index (χ0v) is 7.15. The molecule has 0 N–H and O–H groups in total. The van der Waals surface area contributed by atoms with Crippen LogP contribution in [0, 0.1) is 0 Å². The Kier molecular flexibility index (Phi) is 1.50. The van der Waals surface area contributed by atoms with E-state index in [0.29, 0.717) is 0 Å². The van der Waals surface area contributed by atoms with Gasteiger partial charge in [-0.2, -0.15) is 0 Å². The quantitative estimate of drug-likeness (QED) is 0.552. The molecule has 0 fully saturated rings. The maximum atomic E-state index is 5.86. The SMILES string of the molecule is CC1=CCc2ccc(Cl)cc21. The molecule has 0 unspecified atom stereocenters. The lowest BCUT2D eigenvalue weighted by Crippen LogP contribution is -1.81. The molecule has 0 saturated carbocycles. The first-order valence-electron chi connectivity index (χ1n) is 3.73. The molecule has 0 atom stereocenters. The minimum atomic E-state index is 0.832. The lowest BCUT2D eigenvalue weighted by Gasteiger charge is -2.00. The average molecular weight is 165 g/mol. The molecule has 0 aromatic heterocycles. The highest BCUT2D eigenvalue weighted by atomic mass is 35.5. The molecule has 0 bridgehead atoms. The molecule has 1 aromatic carbocycles. The summed E-state index contributed by atoms with van der Waals surface area (Å²) < 4.78 is 0. The lowest BCUT2D eigenvalue weighted by molar-refractivity contribution is 1.31. The standard InChI is InChI=1S/C10H9Cl/c1-7-2-3-8-4-5-9(11)6-10(7)8/h2,4-6H,3H2,1H3. The van der Waals surface area contributed by atoms with Gasteiger partial charge in [0.1, 0.15) is 0 Å². The van der Waals surface area contributed by atoms with Crippen molar-refractivity contribution in [2.45, 2.75) is 13.3 Å². The van der Waals surface area contributed by atoms with E-state index in [4.69, 9.17) is 11.6 Å². The highest BCUT2D eigenvalue weighted by Gasteiger charge is 2.09. The summed E-state index contributed by atoms with van der Waals surface area (Å²) in [4.78, 5) is 0. The molecule has 56 valence electrons. The minimum Gasteiger partial charge on any atom is -0.0843 e. The molecule has 0 heterocycles. The third kappa shape index (κ3) is 1.08. The van der Waals surface area contributed by atoms with E-state index >= 15 is 0 Å². The maximum Gasteiger partial charge on any atom is 0.0412 e. The Morgan fingerprint density at radius 3 is 3.00 bits per heavy atom. The third-order valence-electron chi connectivity index (χ3n) is 2.12. The number of hydrogen-bond acceptors (Lipinski definition) is 0. The lowest BCUT2D eigenvalue weighted by atomic mass is 10.1. The van der Waals surface area contributed by atoms with E-state index in [1.807, 2.05) is 12.1 Å². The van der Waals surface area contributed by atoms with Gasteiger partial charge < -0.3 is 0 Å². The van der Waals surface area contributed by atoms with Gasteiger partial charge >= 0.3 is 0 Å². The summed E-state index contributed by atoms with van der Waals surface area (Å²) in [6.07, 6.45) is 3.30. The Morgan fingerprint density at radius 1 is 1.36 bits per heavy atom. The number of fused-ring (bicyclic) bond motifs is 1. The molecule has 1 aliphatic carbocycles.